The van der Waals surface area contributed by atoms with E-state index in [-0.39, 0.29) is 41.2 Å². The van der Waals surface area contributed by atoms with Crippen molar-refractivity contribution >= 4 is 22.0 Å². The lowest BCUT2D eigenvalue weighted by Crippen LogP contribution is -2.45. The lowest BCUT2D eigenvalue weighted by molar-refractivity contribution is -0.121. The van der Waals surface area contributed by atoms with Crippen LogP contribution in [0.25, 0.3) is 11.5 Å². The number of rotatable bonds is 12. The molecule has 0 unspecified atom stereocenters. The number of alkyl halides is 2. The monoisotopic (exact) mass is 615 g/mol. The lowest BCUT2D eigenvalue weighted by Gasteiger charge is -2.18. The number of carbonyl (C=O) groups is 2. The molecular formula is C25H25F4N5O7S. The van der Waals surface area contributed by atoms with Gasteiger partial charge in [0.25, 0.3) is 22.0 Å². The smallest absolute Gasteiger partial charge is 0.387 e. The molecule has 1 fully saturated rings. The minimum absolute atomic E-state index is 0.0298. The molecule has 1 saturated carbocycles. The Morgan fingerprint density at radius 2 is 1.86 bits per heavy atom. The SMILES string of the molecule is C[C@H](N)c1oc(-c2ccc(OC(F)F)c(OCC3CC3)c2)nc1C(=O)N[C@@H](C(=O)NS(N)(=O)=O)c1ccc(F)cc1F. The summed E-state index contributed by atoms with van der Waals surface area (Å²) in [4.78, 5) is 30.1. The van der Waals surface area contributed by atoms with Crippen LogP contribution in [0, 0.1) is 17.6 Å². The first kappa shape index (κ1) is 30.7. The predicted octanol–water partition coefficient (Wildman–Crippen LogP) is 2.82. The first-order chi connectivity index (χ1) is 19.7. The van der Waals surface area contributed by atoms with Crippen LogP contribution >= 0.6 is 0 Å². The Morgan fingerprint density at radius 1 is 1.14 bits per heavy atom. The van der Waals surface area contributed by atoms with Gasteiger partial charge in [-0.05, 0) is 49.9 Å². The number of nitrogens with two attached hydrogens (primary N) is 2. The molecule has 6 N–H and O–H groups in total. The Labute approximate surface area is 236 Å². The number of benzene rings is 2. The molecule has 0 spiro atoms. The van der Waals surface area contributed by atoms with Crippen molar-refractivity contribution in [1.29, 1.82) is 0 Å². The van der Waals surface area contributed by atoms with Gasteiger partial charge in [-0.3, -0.25) is 9.59 Å². The van der Waals surface area contributed by atoms with E-state index in [1.807, 2.05) is 0 Å². The van der Waals surface area contributed by atoms with Crippen LogP contribution in [-0.2, 0) is 15.0 Å². The number of aromatic nitrogens is 1. The van der Waals surface area contributed by atoms with Gasteiger partial charge in [-0.2, -0.15) is 17.2 Å². The van der Waals surface area contributed by atoms with Crippen LogP contribution in [0.5, 0.6) is 11.5 Å². The first-order valence-corrected chi connectivity index (χ1v) is 13.8. The summed E-state index contributed by atoms with van der Waals surface area (Å²) in [6.07, 6.45) is 1.86. The van der Waals surface area contributed by atoms with Gasteiger partial charge in [-0.15, -0.1) is 0 Å². The third-order valence-electron chi connectivity index (χ3n) is 5.91. The molecule has 0 aliphatic heterocycles. The van der Waals surface area contributed by atoms with E-state index in [4.69, 9.17) is 20.0 Å². The number of amides is 2. The number of oxazole rings is 1. The van der Waals surface area contributed by atoms with Crippen molar-refractivity contribution in [2.24, 2.45) is 16.8 Å². The maximum atomic E-state index is 14.6. The van der Waals surface area contributed by atoms with Crippen molar-refractivity contribution in [2.75, 3.05) is 6.61 Å². The van der Waals surface area contributed by atoms with E-state index in [0.29, 0.717) is 6.07 Å². The third kappa shape index (κ3) is 7.74. The third-order valence-corrected chi connectivity index (χ3v) is 6.40. The van der Waals surface area contributed by atoms with Crippen LogP contribution < -0.4 is 30.4 Å². The second kappa shape index (κ2) is 12.3. The molecule has 1 aliphatic rings. The number of hydrogen-bond donors (Lipinski definition) is 4. The molecule has 1 heterocycles. The molecule has 2 atom stereocenters. The Bertz CT molecular complexity index is 1600. The quantitative estimate of drug-likeness (QED) is 0.222. The molecule has 42 heavy (non-hydrogen) atoms. The molecule has 17 heteroatoms. The van der Waals surface area contributed by atoms with Gasteiger partial charge in [-0.1, -0.05) is 6.07 Å². The summed E-state index contributed by atoms with van der Waals surface area (Å²) in [6.45, 7) is -1.42. The molecule has 12 nitrogen and oxygen atoms in total. The van der Waals surface area contributed by atoms with Gasteiger partial charge in [0, 0.05) is 17.2 Å². The van der Waals surface area contributed by atoms with Crippen LogP contribution in [0.15, 0.2) is 40.8 Å². The molecule has 1 aliphatic carbocycles. The predicted molar refractivity (Wildman–Crippen MR) is 137 cm³/mol. The maximum absolute atomic E-state index is 14.6. The maximum Gasteiger partial charge on any atom is 0.387 e. The molecule has 226 valence electrons. The summed E-state index contributed by atoms with van der Waals surface area (Å²) in [5.74, 6) is -5.28. The molecule has 2 amide bonds. The van der Waals surface area contributed by atoms with Crippen molar-refractivity contribution in [3.63, 3.8) is 0 Å². The summed E-state index contributed by atoms with van der Waals surface area (Å²) in [7, 11) is -4.64. The van der Waals surface area contributed by atoms with Crippen LogP contribution in [0.2, 0.25) is 0 Å². The number of nitrogens with one attached hydrogen (secondary N) is 2. The average molecular weight is 616 g/mol. The van der Waals surface area contributed by atoms with Crippen LogP contribution in [0.3, 0.4) is 0 Å². The number of carbonyl (C=O) groups excluding carboxylic acids is 2. The van der Waals surface area contributed by atoms with Crippen molar-refractivity contribution in [2.45, 2.75) is 38.5 Å². The molecule has 4 rings (SSSR count). The largest absolute Gasteiger partial charge is 0.489 e. The molecule has 3 aromatic rings. The highest BCUT2D eigenvalue weighted by Gasteiger charge is 2.32. The van der Waals surface area contributed by atoms with E-state index >= 15 is 0 Å². The Kier molecular flexibility index (Phi) is 9.03. The van der Waals surface area contributed by atoms with Gasteiger partial charge in [0.15, 0.2) is 23.0 Å². The van der Waals surface area contributed by atoms with Gasteiger partial charge in [0.05, 0.1) is 12.6 Å². The summed E-state index contributed by atoms with van der Waals surface area (Å²) in [6, 6.07) is 2.88. The van der Waals surface area contributed by atoms with Gasteiger partial charge >= 0.3 is 6.61 Å². The van der Waals surface area contributed by atoms with E-state index < -0.39 is 63.6 Å². The standard InChI is InChI=1S/C25H25F4N5O7S/c1-11(30)21-20(22(35)32-19(23(36)34-42(31,37)38)15-6-5-14(26)9-16(15)27)33-24(41-21)13-4-7-17(40-25(28)29)18(8-13)39-10-12-2-3-12/h4-9,11-12,19,25H,2-3,10,30H2,1H3,(H,32,35)(H,34,36)(H2,31,37,38)/t11-,19+/m0/s1. The van der Waals surface area contributed by atoms with Crippen molar-refractivity contribution < 1.29 is 49.5 Å². The highest BCUT2D eigenvalue weighted by Crippen LogP contribution is 2.37. The van der Waals surface area contributed by atoms with Gasteiger partial charge < -0.3 is 24.9 Å². The number of nitrogens with zero attached hydrogens (tertiary/aromatic N) is 1. The normalized spacial score (nSPS) is 14.8. The minimum Gasteiger partial charge on any atom is -0.489 e. The zero-order valence-corrected chi connectivity index (χ0v) is 22.6. The van der Waals surface area contributed by atoms with E-state index in [1.165, 1.54) is 29.8 Å². The van der Waals surface area contributed by atoms with E-state index in [1.54, 1.807) is 0 Å². The summed E-state index contributed by atoms with van der Waals surface area (Å²) < 4.78 is 94.0. The van der Waals surface area contributed by atoms with Crippen molar-refractivity contribution in [3.05, 3.63) is 65.1 Å². The minimum atomic E-state index is -4.64. The highest BCUT2D eigenvalue weighted by atomic mass is 32.2. The van der Waals surface area contributed by atoms with E-state index in [0.717, 1.165) is 25.0 Å². The molecular weight excluding hydrogens is 590 g/mol. The second-order valence-corrected chi connectivity index (χ2v) is 10.7. The fourth-order valence-electron chi connectivity index (χ4n) is 3.78. The van der Waals surface area contributed by atoms with Gasteiger partial charge in [-0.25, -0.2) is 23.6 Å². The topological polar surface area (TPSA) is 189 Å². The highest BCUT2D eigenvalue weighted by molar-refractivity contribution is 7.87. The molecule has 0 bridgehead atoms. The fraction of sp³-hybridized carbons (Fsp3) is 0.320. The van der Waals surface area contributed by atoms with Crippen molar-refractivity contribution in [3.8, 4) is 23.0 Å². The van der Waals surface area contributed by atoms with Gasteiger partial charge in [0.2, 0.25) is 5.89 Å². The van der Waals surface area contributed by atoms with E-state index in [9.17, 15) is 35.6 Å². The van der Waals surface area contributed by atoms with Crippen molar-refractivity contribution in [1.82, 2.24) is 15.0 Å². The number of halogens is 4. The number of hydrogen-bond acceptors (Lipinski definition) is 9. The molecule has 0 radical (unpaired) electrons. The Hall–Kier alpha value is -4.22. The van der Waals surface area contributed by atoms with E-state index in [2.05, 4.69) is 15.0 Å². The van der Waals surface area contributed by atoms with Gasteiger partial charge in [0.1, 0.15) is 17.7 Å². The second-order valence-electron chi connectivity index (χ2n) is 9.40. The number of ether oxygens (including phenoxy) is 2. The van der Waals surface area contributed by atoms with Crippen LogP contribution in [0.1, 0.15) is 53.7 Å². The summed E-state index contributed by atoms with van der Waals surface area (Å²) in [5.41, 5.74) is 5.06. The van der Waals surface area contributed by atoms with Crippen LogP contribution in [0.4, 0.5) is 17.6 Å². The molecule has 1 aromatic heterocycles. The fourth-order valence-corrected chi connectivity index (χ4v) is 4.18. The Morgan fingerprint density at radius 3 is 2.45 bits per heavy atom. The molecule has 0 saturated heterocycles. The summed E-state index contributed by atoms with van der Waals surface area (Å²) in [5, 5.41) is 6.98. The lowest BCUT2D eigenvalue weighted by atomic mass is 10.0. The zero-order valence-electron chi connectivity index (χ0n) is 21.8. The zero-order chi connectivity index (χ0) is 30.8. The molecule has 2 aromatic carbocycles. The first-order valence-electron chi connectivity index (χ1n) is 12.3. The van der Waals surface area contributed by atoms with Crippen LogP contribution in [-0.4, -0.2) is 38.4 Å². The summed E-state index contributed by atoms with van der Waals surface area (Å²) >= 11 is 0. The Balaban J connectivity index is 1.69. The average Bonchev–Trinajstić information content (AvgIpc) is 3.60.